The van der Waals surface area contributed by atoms with Gasteiger partial charge in [-0.3, -0.25) is 14.6 Å². The summed E-state index contributed by atoms with van der Waals surface area (Å²) in [5.41, 5.74) is 1.42. The Labute approximate surface area is 195 Å². The molecule has 1 aliphatic heterocycles. The van der Waals surface area contributed by atoms with Gasteiger partial charge in [-0.15, -0.1) is 0 Å². The Morgan fingerprint density at radius 1 is 1.09 bits per heavy atom. The Bertz CT molecular complexity index is 1240. The van der Waals surface area contributed by atoms with Crippen LogP contribution in [0.15, 0.2) is 72.6 Å². The molecule has 2 heterocycles. The van der Waals surface area contributed by atoms with Crippen molar-refractivity contribution in [1.29, 1.82) is 0 Å². The summed E-state index contributed by atoms with van der Waals surface area (Å²) in [7, 11) is 3.02. The molecule has 1 fully saturated rings. The number of Topliss-reactive ketones (excluding diaryl/α,β-unsaturated/α-hetero) is 1. The molecule has 1 amide bonds. The van der Waals surface area contributed by atoms with Crippen molar-refractivity contribution >= 4 is 29.1 Å². The number of ketones is 1. The van der Waals surface area contributed by atoms with Crippen molar-refractivity contribution in [3.05, 3.63) is 94.3 Å². The molecule has 0 saturated carbocycles. The van der Waals surface area contributed by atoms with Crippen molar-refractivity contribution in [2.24, 2.45) is 0 Å². The quantitative estimate of drug-likeness (QED) is 0.331. The molecule has 33 heavy (non-hydrogen) atoms. The molecule has 0 spiro atoms. The molecule has 8 heteroatoms. The second kappa shape index (κ2) is 9.34. The zero-order valence-corrected chi connectivity index (χ0v) is 18.7. The van der Waals surface area contributed by atoms with E-state index in [1.54, 1.807) is 42.7 Å². The van der Waals surface area contributed by atoms with E-state index in [4.69, 9.17) is 21.1 Å². The molecule has 0 bridgehead atoms. The molecule has 1 saturated heterocycles. The minimum absolute atomic E-state index is 0.0712. The number of hydrogen-bond donors (Lipinski definition) is 1. The molecule has 0 aliphatic carbocycles. The van der Waals surface area contributed by atoms with Crippen LogP contribution < -0.4 is 9.47 Å². The molecule has 1 aromatic heterocycles. The van der Waals surface area contributed by atoms with Crippen LogP contribution >= 0.6 is 11.6 Å². The monoisotopic (exact) mass is 464 g/mol. The van der Waals surface area contributed by atoms with Crippen LogP contribution in [0.1, 0.15) is 22.7 Å². The van der Waals surface area contributed by atoms with Gasteiger partial charge in [-0.1, -0.05) is 35.9 Å². The van der Waals surface area contributed by atoms with Gasteiger partial charge in [-0.25, -0.2) is 0 Å². The third kappa shape index (κ3) is 4.15. The van der Waals surface area contributed by atoms with Crippen LogP contribution in [-0.2, 0) is 16.1 Å². The van der Waals surface area contributed by atoms with Gasteiger partial charge in [-0.05, 0) is 35.9 Å². The van der Waals surface area contributed by atoms with E-state index in [0.29, 0.717) is 17.1 Å². The highest BCUT2D eigenvalue weighted by Crippen LogP contribution is 2.42. The minimum atomic E-state index is -0.870. The van der Waals surface area contributed by atoms with Crippen LogP contribution in [0, 0.1) is 0 Å². The molecule has 168 valence electrons. The predicted octanol–water partition coefficient (Wildman–Crippen LogP) is 4.37. The maximum atomic E-state index is 13.2. The highest BCUT2D eigenvalue weighted by molar-refractivity contribution is 6.47. The number of carbonyl (C=O) groups is 2. The molecular weight excluding hydrogens is 444 g/mol. The third-order valence-electron chi connectivity index (χ3n) is 5.50. The largest absolute Gasteiger partial charge is 0.507 e. The average Bonchev–Trinajstić information content (AvgIpc) is 3.09. The number of carbonyl (C=O) groups excluding carboxylic acids is 2. The van der Waals surface area contributed by atoms with Gasteiger partial charge in [0.05, 0.1) is 37.4 Å². The van der Waals surface area contributed by atoms with Gasteiger partial charge >= 0.3 is 0 Å². The number of halogens is 1. The van der Waals surface area contributed by atoms with Gasteiger partial charge in [0.15, 0.2) is 0 Å². The first-order valence-electron chi connectivity index (χ1n) is 10.1. The SMILES string of the molecule is COc1ccc(Cl)c(/C(O)=C2\C(=O)C(=O)N(Cc3ccccc3OC)C2c2cccnc2)c1. The number of benzene rings is 2. The lowest BCUT2D eigenvalue weighted by molar-refractivity contribution is -0.140. The first-order chi connectivity index (χ1) is 16.0. The number of aliphatic hydroxyl groups is 1. The summed E-state index contributed by atoms with van der Waals surface area (Å²) in [4.78, 5) is 31.9. The van der Waals surface area contributed by atoms with Gasteiger partial charge in [0.25, 0.3) is 11.7 Å². The summed E-state index contributed by atoms with van der Waals surface area (Å²) < 4.78 is 10.6. The number of para-hydroxylation sites is 1. The Hall–Kier alpha value is -3.84. The Morgan fingerprint density at radius 3 is 2.58 bits per heavy atom. The highest BCUT2D eigenvalue weighted by atomic mass is 35.5. The molecule has 3 aromatic rings. The van der Waals surface area contributed by atoms with Crippen LogP contribution in [-0.4, -0.2) is 40.9 Å². The smallest absolute Gasteiger partial charge is 0.295 e. The zero-order valence-electron chi connectivity index (χ0n) is 18.0. The van der Waals surface area contributed by atoms with E-state index in [-0.39, 0.29) is 28.5 Å². The highest BCUT2D eigenvalue weighted by Gasteiger charge is 2.46. The van der Waals surface area contributed by atoms with E-state index in [2.05, 4.69) is 4.98 Å². The van der Waals surface area contributed by atoms with Gasteiger partial charge in [-0.2, -0.15) is 0 Å². The number of rotatable bonds is 6. The Morgan fingerprint density at radius 2 is 1.88 bits per heavy atom. The molecule has 4 rings (SSSR count). The van der Waals surface area contributed by atoms with Crippen molar-refractivity contribution < 1.29 is 24.2 Å². The molecule has 1 atom stereocenters. The number of aliphatic hydroxyl groups excluding tert-OH is 1. The molecule has 7 nitrogen and oxygen atoms in total. The average molecular weight is 465 g/mol. The van der Waals surface area contributed by atoms with Crippen molar-refractivity contribution in [3.8, 4) is 11.5 Å². The van der Waals surface area contributed by atoms with Crippen LogP contribution in [0.25, 0.3) is 5.76 Å². The fourth-order valence-corrected chi connectivity index (χ4v) is 4.11. The first kappa shape index (κ1) is 22.4. The standard InChI is InChI=1S/C25H21ClN2O5/c1-32-17-9-10-19(26)18(12-17)23(29)21-22(15-7-5-11-27-13-15)28(25(31)24(21)30)14-16-6-3-4-8-20(16)33-2/h3-13,22,29H,14H2,1-2H3/b23-21+. The van der Waals surface area contributed by atoms with Gasteiger partial charge in [0, 0.05) is 23.5 Å². The fraction of sp³-hybridized carbons (Fsp3) is 0.160. The summed E-state index contributed by atoms with van der Waals surface area (Å²) in [5.74, 6) is -0.901. The molecule has 0 radical (unpaired) electrons. The van der Waals surface area contributed by atoms with Gasteiger partial charge < -0.3 is 19.5 Å². The first-order valence-corrected chi connectivity index (χ1v) is 10.5. The second-order valence-electron chi connectivity index (χ2n) is 7.37. The number of likely N-dealkylation sites (tertiary alicyclic amines) is 1. The van der Waals surface area contributed by atoms with E-state index >= 15 is 0 Å². The summed E-state index contributed by atoms with van der Waals surface area (Å²) in [6, 6.07) is 14.5. The van der Waals surface area contributed by atoms with E-state index < -0.39 is 17.7 Å². The number of amides is 1. The number of hydrogen-bond acceptors (Lipinski definition) is 6. The molecular formula is C25H21ClN2O5. The van der Waals surface area contributed by atoms with Crippen LogP contribution in [0.5, 0.6) is 11.5 Å². The van der Waals surface area contributed by atoms with Gasteiger partial charge in [0.1, 0.15) is 17.3 Å². The summed E-state index contributed by atoms with van der Waals surface area (Å²) in [6.07, 6.45) is 3.15. The minimum Gasteiger partial charge on any atom is -0.507 e. The summed E-state index contributed by atoms with van der Waals surface area (Å²) >= 11 is 6.32. The number of ether oxygens (including phenoxy) is 2. The molecule has 1 N–H and O–H groups in total. The van der Waals surface area contributed by atoms with E-state index in [0.717, 1.165) is 5.56 Å². The lowest BCUT2D eigenvalue weighted by Crippen LogP contribution is -2.29. The number of aromatic nitrogens is 1. The van der Waals surface area contributed by atoms with Crippen molar-refractivity contribution in [2.45, 2.75) is 12.6 Å². The molecule has 1 aliphatic rings. The number of pyridine rings is 1. The van der Waals surface area contributed by atoms with Gasteiger partial charge in [0.2, 0.25) is 0 Å². The van der Waals surface area contributed by atoms with E-state index in [9.17, 15) is 14.7 Å². The normalized spacial score (nSPS) is 17.3. The third-order valence-corrected chi connectivity index (χ3v) is 5.83. The van der Waals surface area contributed by atoms with E-state index in [1.807, 2.05) is 18.2 Å². The van der Waals surface area contributed by atoms with Crippen molar-refractivity contribution in [1.82, 2.24) is 9.88 Å². The lowest BCUT2D eigenvalue weighted by Gasteiger charge is -2.26. The van der Waals surface area contributed by atoms with Crippen LogP contribution in [0.4, 0.5) is 0 Å². The maximum Gasteiger partial charge on any atom is 0.295 e. The summed E-state index contributed by atoms with van der Waals surface area (Å²) in [5, 5.41) is 11.4. The second-order valence-corrected chi connectivity index (χ2v) is 7.78. The summed E-state index contributed by atoms with van der Waals surface area (Å²) in [6.45, 7) is 0.0940. The van der Waals surface area contributed by atoms with E-state index in [1.165, 1.54) is 25.2 Å². The van der Waals surface area contributed by atoms with Crippen LogP contribution in [0.3, 0.4) is 0 Å². The van der Waals surface area contributed by atoms with Crippen molar-refractivity contribution in [3.63, 3.8) is 0 Å². The predicted molar refractivity (Wildman–Crippen MR) is 123 cm³/mol. The zero-order chi connectivity index (χ0) is 23.5. The lowest BCUT2D eigenvalue weighted by atomic mass is 9.96. The van der Waals surface area contributed by atoms with Crippen molar-refractivity contribution in [2.75, 3.05) is 14.2 Å². The number of methoxy groups -OCH3 is 2. The Kier molecular flexibility index (Phi) is 6.33. The fourth-order valence-electron chi connectivity index (χ4n) is 3.90. The number of nitrogens with zero attached hydrogens (tertiary/aromatic N) is 2. The maximum absolute atomic E-state index is 13.2. The van der Waals surface area contributed by atoms with Crippen LogP contribution in [0.2, 0.25) is 5.02 Å². The topological polar surface area (TPSA) is 89.0 Å². The Balaban J connectivity index is 1.89. The molecule has 1 unspecified atom stereocenters. The molecule has 2 aromatic carbocycles.